The van der Waals surface area contributed by atoms with Crippen molar-refractivity contribution in [2.45, 2.75) is 10.6 Å². The van der Waals surface area contributed by atoms with Crippen LogP contribution in [-0.2, 0) is 26.3 Å². The maximum absolute atomic E-state index is 11.8. The molecule has 0 unspecified atom stereocenters. The normalized spacial score (nSPS) is 12.8. The van der Waals surface area contributed by atoms with Gasteiger partial charge in [0, 0.05) is 17.7 Å². The van der Waals surface area contributed by atoms with Gasteiger partial charge >= 0.3 is 0 Å². The summed E-state index contributed by atoms with van der Waals surface area (Å²) < 4.78 is 47.9. The molecule has 0 spiro atoms. The summed E-state index contributed by atoms with van der Waals surface area (Å²) >= 11 is 1.14. The highest BCUT2D eigenvalue weighted by Gasteiger charge is 2.16. The van der Waals surface area contributed by atoms with Crippen LogP contribution in [0.1, 0.15) is 4.88 Å². The average molecular weight is 312 g/mol. The fourth-order valence-corrected chi connectivity index (χ4v) is 4.26. The first kappa shape index (κ1) is 15.6. The van der Waals surface area contributed by atoms with E-state index >= 15 is 0 Å². The Bertz CT molecular complexity index is 589. The van der Waals surface area contributed by atoms with Crippen molar-refractivity contribution in [3.05, 3.63) is 17.0 Å². The van der Waals surface area contributed by atoms with Crippen molar-refractivity contribution in [2.24, 2.45) is 5.73 Å². The Kier molecular flexibility index (Phi) is 5.29. The van der Waals surface area contributed by atoms with E-state index in [1.165, 1.54) is 6.07 Å². The van der Waals surface area contributed by atoms with E-state index in [2.05, 4.69) is 4.72 Å². The molecule has 0 saturated carbocycles. The number of nitrogens with two attached hydrogens (primary N) is 1. The SMILES string of the molecule is CS(=O)(=O)CCNS(=O)(=O)c1ccc(CCN)s1. The van der Waals surface area contributed by atoms with Gasteiger partial charge in [0.2, 0.25) is 10.0 Å². The number of sulfone groups is 1. The molecular weight excluding hydrogens is 296 g/mol. The molecule has 6 nitrogen and oxygen atoms in total. The maximum Gasteiger partial charge on any atom is 0.250 e. The Morgan fingerprint density at radius 1 is 1.28 bits per heavy atom. The molecule has 0 bridgehead atoms. The van der Waals surface area contributed by atoms with E-state index in [0.717, 1.165) is 22.5 Å². The average Bonchev–Trinajstić information content (AvgIpc) is 2.65. The van der Waals surface area contributed by atoms with Crippen molar-refractivity contribution in [3.8, 4) is 0 Å². The zero-order valence-corrected chi connectivity index (χ0v) is 12.4. The van der Waals surface area contributed by atoms with Gasteiger partial charge in [0.25, 0.3) is 0 Å². The maximum atomic E-state index is 11.8. The largest absolute Gasteiger partial charge is 0.330 e. The van der Waals surface area contributed by atoms with Gasteiger partial charge in [0.1, 0.15) is 14.0 Å². The van der Waals surface area contributed by atoms with E-state index in [0.29, 0.717) is 13.0 Å². The molecule has 0 saturated heterocycles. The van der Waals surface area contributed by atoms with Gasteiger partial charge in [-0.05, 0) is 25.1 Å². The van der Waals surface area contributed by atoms with Crippen LogP contribution in [-0.4, -0.2) is 41.9 Å². The zero-order valence-electron chi connectivity index (χ0n) is 9.92. The standard InChI is InChI=1S/C9H16N2O4S3/c1-17(12,13)7-6-11-18(14,15)9-3-2-8(16-9)4-5-10/h2-3,11H,4-7,10H2,1H3. The monoisotopic (exact) mass is 312 g/mol. The van der Waals surface area contributed by atoms with E-state index in [-0.39, 0.29) is 16.5 Å². The first-order valence-corrected chi connectivity index (χ1v) is 9.57. The van der Waals surface area contributed by atoms with Crippen molar-refractivity contribution in [2.75, 3.05) is 25.1 Å². The van der Waals surface area contributed by atoms with E-state index in [1.807, 2.05) is 0 Å². The van der Waals surface area contributed by atoms with Gasteiger partial charge in [-0.3, -0.25) is 0 Å². The number of hydrogen-bond acceptors (Lipinski definition) is 6. The Morgan fingerprint density at radius 3 is 2.50 bits per heavy atom. The summed E-state index contributed by atoms with van der Waals surface area (Å²) in [6.07, 6.45) is 1.69. The summed E-state index contributed by atoms with van der Waals surface area (Å²) in [4.78, 5) is 0.890. The first-order valence-electron chi connectivity index (χ1n) is 5.21. The van der Waals surface area contributed by atoms with Gasteiger partial charge in [-0.2, -0.15) is 0 Å². The van der Waals surface area contributed by atoms with Crippen molar-refractivity contribution < 1.29 is 16.8 Å². The van der Waals surface area contributed by atoms with Crippen LogP contribution in [0.25, 0.3) is 0 Å². The van der Waals surface area contributed by atoms with Crippen molar-refractivity contribution >= 4 is 31.2 Å². The second-order valence-electron chi connectivity index (χ2n) is 3.79. The van der Waals surface area contributed by atoms with Gasteiger partial charge in [-0.25, -0.2) is 21.6 Å². The van der Waals surface area contributed by atoms with Crippen LogP contribution in [0.5, 0.6) is 0 Å². The summed E-state index contributed by atoms with van der Waals surface area (Å²) in [5.74, 6) is -0.215. The molecule has 0 aromatic carbocycles. The van der Waals surface area contributed by atoms with E-state index in [9.17, 15) is 16.8 Å². The van der Waals surface area contributed by atoms with Gasteiger partial charge in [0.15, 0.2) is 0 Å². The molecule has 0 amide bonds. The predicted molar refractivity (Wildman–Crippen MR) is 72.0 cm³/mol. The van der Waals surface area contributed by atoms with Crippen LogP contribution >= 0.6 is 11.3 Å². The fraction of sp³-hybridized carbons (Fsp3) is 0.556. The van der Waals surface area contributed by atoms with Crippen molar-refractivity contribution in [3.63, 3.8) is 0 Å². The Morgan fingerprint density at radius 2 is 1.94 bits per heavy atom. The molecule has 3 N–H and O–H groups in total. The van der Waals surface area contributed by atoms with Gasteiger partial charge in [-0.1, -0.05) is 0 Å². The lowest BCUT2D eigenvalue weighted by atomic mass is 10.3. The minimum absolute atomic E-state index is 0.120. The van der Waals surface area contributed by atoms with Gasteiger partial charge < -0.3 is 5.73 Å². The second kappa shape index (κ2) is 6.11. The van der Waals surface area contributed by atoms with Crippen molar-refractivity contribution in [1.29, 1.82) is 0 Å². The summed E-state index contributed by atoms with van der Waals surface area (Å²) in [6, 6.07) is 3.21. The smallest absolute Gasteiger partial charge is 0.250 e. The summed E-state index contributed by atoms with van der Waals surface area (Å²) in [6.45, 7) is 0.340. The molecule has 1 aromatic heterocycles. The minimum atomic E-state index is -3.62. The molecule has 18 heavy (non-hydrogen) atoms. The molecule has 0 aliphatic heterocycles. The molecule has 0 fully saturated rings. The van der Waals surface area contributed by atoms with E-state index < -0.39 is 19.9 Å². The third-order valence-electron chi connectivity index (χ3n) is 2.06. The zero-order chi connectivity index (χ0) is 13.8. The van der Waals surface area contributed by atoms with Gasteiger partial charge in [-0.15, -0.1) is 11.3 Å². The molecule has 0 aliphatic rings. The molecule has 1 aromatic rings. The van der Waals surface area contributed by atoms with E-state index in [4.69, 9.17) is 5.73 Å². The molecule has 0 atom stereocenters. The topological polar surface area (TPSA) is 106 Å². The highest BCUT2D eigenvalue weighted by molar-refractivity contribution is 7.92. The van der Waals surface area contributed by atoms with Crippen LogP contribution in [0, 0.1) is 0 Å². The summed E-state index contributed by atoms with van der Waals surface area (Å²) in [5, 5.41) is 0. The van der Waals surface area contributed by atoms with Crippen LogP contribution in [0.2, 0.25) is 0 Å². The van der Waals surface area contributed by atoms with Crippen LogP contribution in [0.3, 0.4) is 0 Å². The Balaban J connectivity index is 2.68. The Labute approximate surface area is 111 Å². The third kappa shape index (κ3) is 5.02. The highest BCUT2D eigenvalue weighted by Crippen LogP contribution is 2.21. The van der Waals surface area contributed by atoms with Gasteiger partial charge in [0.05, 0.1) is 5.75 Å². The molecule has 1 heterocycles. The Hall–Kier alpha value is -0.480. The number of sulfonamides is 1. The molecule has 1 rings (SSSR count). The highest BCUT2D eigenvalue weighted by atomic mass is 32.2. The lowest BCUT2D eigenvalue weighted by molar-refractivity contribution is 0.584. The summed E-state index contributed by atoms with van der Waals surface area (Å²) in [5.41, 5.74) is 5.38. The van der Waals surface area contributed by atoms with Crippen molar-refractivity contribution in [1.82, 2.24) is 4.72 Å². The lowest BCUT2D eigenvalue weighted by Gasteiger charge is -2.03. The number of thiophene rings is 1. The summed E-state index contributed by atoms with van der Waals surface area (Å²) in [7, 11) is -6.79. The third-order valence-corrected chi connectivity index (χ3v) is 6.10. The molecule has 9 heteroatoms. The second-order valence-corrected chi connectivity index (χ2v) is 9.21. The fourth-order valence-electron chi connectivity index (χ4n) is 1.21. The molecule has 0 radical (unpaired) electrons. The molecule has 104 valence electrons. The van der Waals surface area contributed by atoms with Crippen LogP contribution < -0.4 is 10.5 Å². The van der Waals surface area contributed by atoms with E-state index in [1.54, 1.807) is 6.07 Å². The lowest BCUT2D eigenvalue weighted by Crippen LogP contribution is -2.28. The molecular formula is C9H16N2O4S3. The minimum Gasteiger partial charge on any atom is -0.330 e. The molecule has 0 aliphatic carbocycles. The quantitative estimate of drug-likeness (QED) is 0.711. The first-order chi connectivity index (χ1) is 8.24. The van der Waals surface area contributed by atoms with Crippen LogP contribution in [0.4, 0.5) is 0 Å². The van der Waals surface area contributed by atoms with Crippen LogP contribution in [0.15, 0.2) is 16.3 Å². The number of hydrogen-bond donors (Lipinski definition) is 2. The number of rotatable bonds is 7. The number of nitrogens with one attached hydrogen (secondary N) is 1. The predicted octanol–water partition coefficient (Wildman–Crippen LogP) is -0.428.